The Morgan fingerprint density at radius 2 is 2.25 bits per heavy atom. The van der Waals surface area contributed by atoms with Crippen molar-refractivity contribution in [3.05, 3.63) is 47.1 Å². The van der Waals surface area contributed by atoms with Gasteiger partial charge in [0.25, 0.3) is 5.91 Å². The van der Waals surface area contributed by atoms with Crippen LogP contribution in [0.15, 0.2) is 28.8 Å². The van der Waals surface area contributed by atoms with E-state index in [4.69, 9.17) is 9.78 Å². The van der Waals surface area contributed by atoms with Crippen molar-refractivity contribution in [2.75, 3.05) is 6.54 Å². The van der Waals surface area contributed by atoms with Crippen LogP contribution in [0.1, 0.15) is 72.7 Å². The number of rotatable bonds is 3. The van der Waals surface area contributed by atoms with Gasteiger partial charge < -0.3 is 9.42 Å². The lowest BCUT2D eigenvalue weighted by Gasteiger charge is -2.33. The zero-order valence-electron chi connectivity index (χ0n) is 13.9. The first kappa shape index (κ1) is 16.2. The number of carbonyl (C=O) groups is 1. The van der Waals surface area contributed by atoms with Gasteiger partial charge in [-0.2, -0.15) is 10.2 Å². The topological polar surface area (TPSA) is 83.0 Å². The van der Waals surface area contributed by atoms with E-state index in [2.05, 4.69) is 16.2 Å². The molecule has 1 atom stereocenters. The first-order valence-electron chi connectivity index (χ1n) is 8.24. The SMILES string of the molecule is CC(C)c1noc([C@@H]2CCCCN2C(=O)c2cccc(C#N)c2)n1. The van der Waals surface area contributed by atoms with E-state index in [1.54, 1.807) is 29.2 Å². The fourth-order valence-corrected chi connectivity index (χ4v) is 2.94. The molecule has 0 bridgehead atoms. The molecule has 1 aromatic carbocycles. The van der Waals surface area contributed by atoms with Gasteiger partial charge >= 0.3 is 0 Å². The second-order valence-corrected chi connectivity index (χ2v) is 6.35. The largest absolute Gasteiger partial charge is 0.337 e. The second kappa shape index (κ2) is 6.83. The summed E-state index contributed by atoms with van der Waals surface area (Å²) in [5.74, 6) is 1.25. The van der Waals surface area contributed by atoms with Gasteiger partial charge in [0, 0.05) is 18.0 Å². The summed E-state index contributed by atoms with van der Waals surface area (Å²) in [6.45, 7) is 4.66. The summed E-state index contributed by atoms with van der Waals surface area (Å²) in [7, 11) is 0. The van der Waals surface area contributed by atoms with Crippen molar-refractivity contribution < 1.29 is 9.32 Å². The maximum atomic E-state index is 12.9. The van der Waals surface area contributed by atoms with Gasteiger partial charge in [-0.15, -0.1) is 0 Å². The third-order valence-electron chi connectivity index (χ3n) is 4.26. The van der Waals surface area contributed by atoms with E-state index in [9.17, 15) is 4.79 Å². The maximum Gasteiger partial charge on any atom is 0.254 e. The molecule has 6 nitrogen and oxygen atoms in total. The quantitative estimate of drug-likeness (QED) is 0.863. The minimum absolute atomic E-state index is 0.0962. The van der Waals surface area contributed by atoms with Gasteiger partial charge in [0.15, 0.2) is 5.82 Å². The average Bonchev–Trinajstić information content (AvgIpc) is 3.11. The molecule has 3 rings (SSSR count). The zero-order valence-corrected chi connectivity index (χ0v) is 13.9. The summed E-state index contributed by atoms with van der Waals surface area (Å²) in [6, 6.07) is 8.66. The van der Waals surface area contributed by atoms with Crippen molar-refractivity contribution in [2.45, 2.75) is 45.1 Å². The summed E-state index contributed by atoms with van der Waals surface area (Å²) < 4.78 is 5.42. The number of hydrogen-bond donors (Lipinski definition) is 0. The molecule has 0 unspecified atom stereocenters. The molecule has 24 heavy (non-hydrogen) atoms. The highest BCUT2D eigenvalue weighted by Crippen LogP contribution is 2.31. The Hall–Kier alpha value is -2.68. The summed E-state index contributed by atoms with van der Waals surface area (Å²) in [5.41, 5.74) is 0.999. The van der Waals surface area contributed by atoms with E-state index >= 15 is 0 Å². The van der Waals surface area contributed by atoms with Gasteiger partial charge in [-0.05, 0) is 37.5 Å². The molecule has 1 amide bonds. The lowest BCUT2D eigenvalue weighted by molar-refractivity contribution is 0.0561. The van der Waals surface area contributed by atoms with Crippen molar-refractivity contribution >= 4 is 5.91 Å². The van der Waals surface area contributed by atoms with Crippen LogP contribution in [-0.4, -0.2) is 27.5 Å². The number of piperidine rings is 1. The van der Waals surface area contributed by atoms with Gasteiger partial charge in [0.05, 0.1) is 11.6 Å². The highest BCUT2D eigenvalue weighted by molar-refractivity contribution is 5.94. The van der Waals surface area contributed by atoms with Crippen LogP contribution in [0.4, 0.5) is 0 Å². The van der Waals surface area contributed by atoms with Crippen LogP contribution < -0.4 is 0 Å². The summed E-state index contributed by atoms with van der Waals surface area (Å²) >= 11 is 0. The lowest BCUT2D eigenvalue weighted by atomic mass is 10.00. The van der Waals surface area contributed by atoms with Gasteiger partial charge in [0.1, 0.15) is 6.04 Å². The van der Waals surface area contributed by atoms with E-state index in [1.807, 2.05) is 13.8 Å². The summed E-state index contributed by atoms with van der Waals surface area (Å²) in [5, 5.41) is 13.0. The Labute approximate surface area is 141 Å². The van der Waals surface area contributed by atoms with Gasteiger partial charge in [-0.3, -0.25) is 4.79 Å². The molecular weight excluding hydrogens is 304 g/mol. The third kappa shape index (κ3) is 3.16. The molecular formula is C18H20N4O2. The van der Waals surface area contributed by atoms with Gasteiger partial charge in [-0.1, -0.05) is 25.1 Å². The smallest absolute Gasteiger partial charge is 0.254 e. The predicted molar refractivity (Wildman–Crippen MR) is 87.2 cm³/mol. The van der Waals surface area contributed by atoms with Crippen molar-refractivity contribution in [3.63, 3.8) is 0 Å². The van der Waals surface area contributed by atoms with Gasteiger partial charge in [0.2, 0.25) is 5.89 Å². The van der Waals surface area contributed by atoms with Crippen molar-refractivity contribution in [1.29, 1.82) is 5.26 Å². The number of nitriles is 1. The fourth-order valence-electron chi connectivity index (χ4n) is 2.94. The second-order valence-electron chi connectivity index (χ2n) is 6.35. The number of carbonyl (C=O) groups excluding carboxylic acids is 1. The molecule has 1 aliphatic rings. The fraction of sp³-hybridized carbons (Fsp3) is 0.444. The molecule has 6 heteroatoms. The first-order chi connectivity index (χ1) is 11.6. The number of nitrogens with zero attached hydrogens (tertiary/aromatic N) is 4. The molecule has 2 aromatic rings. The van der Waals surface area contributed by atoms with Crippen LogP contribution in [0.2, 0.25) is 0 Å². The molecule has 0 radical (unpaired) electrons. The van der Waals surface area contributed by atoms with E-state index < -0.39 is 0 Å². The Bertz CT molecular complexity index is 775. The molecule has 0 aliphatic carbocycles. The van der Waals surface area contributed by atoms with E-state index in [0.717, 1.165) is 19.3 Å². The minimum Gasteiger partial charge on any atom is -0.337 e. The van der Waals surface area contributed by atoms with Crippen LogP contribution in [0.25, 0.3) is 0 Å². The predicted octanol–water partition coefficient (Wildman–Crippen LogP) is 3.43. The first-order valence-corrected chi connectivity index (χ1v) is 8.24. The van der Waals surface area contributed by atoms with Crippen LogP contribution in [0, 0.1) is 11.3 Å². The molecule has 0 spiro atoms. The molecule has 124 valence electrons. The van der Waals surface area contributed by atoms with Crippen LogP contribution in [0.3, 0.4) is 0 Å². The Morgan fingerprint density at radius 1 is 1.42 bits per heavy atom. The monoisotopic (exact) mass is 324 g/mol. The van der Waals surface area contributed by atoms with Crippen molar-refractivity contribution in [2.24, 2.45) is 0 Å². The number of likely N-dealkylation sites (tertiary alicyclic amines) is 1. The highest BCUT2D eigenvalue weighted by Gasteiger charge is 2.32. The van der Waals surface area contributed by atoms with E-state index in [1.165, 1.54) is 0 Å². The standard InChI is InChI=1S/C18H20N4O2/c1-12(2)16-20-17(24-21-16)15-8-3-4-9-22(15)18(23)14-7-5-6-13(10-14)11-19/h5-7,10,12,15H,3-4,8-9H2,1-2H3/t15-/m0/s1. The number of benzene rings is 1. The van der Waals surface area contributed by atoms with Crippen LogP contribution in [-0.2, 0) is 0 Å². The molecule has 2 heterocycles. The average molecular weight is 324 g/mol. The van der Waals surface area contributed by atoms with Crippen LogP contribution >= 0.6 is 0 Å². The Balaban J connectivity index is 1.88. The van der Waals surface area contributed by atoms with Crippen molar-refractivity contribution in [3.8, 4) is 6.07 Å². The molecule has 1 saturated heterocycles. The number of amides is 1. The van der Waals surface area contributed by atoms with E-state index in [-0.39, 0.29) is 17.9 Å². The molecule has 1 aromatic heterocycles. The molecule has 1 aliphatic heterocycles. The third-order valence-corrected chi connectivity index (χ3v) is 4.26. The number of aromatic nitrogens is 2. The Morgan fingerprint density at radius 3 is 2.96 bits per heavy atom. The van der Waals surface area contributed by atoms with Crippen LogP contribution in [0.5, 0.6) is 0 Å². The summed E-state index contributed by atoms with van der Waals surface area (Å²) in [4.78, 5) is 19.2. The van der Waals surface area contributed by atoms with E-state index in [0.29, 0.717) is 29.4 Å². The minimum atomic E-state index is -0.197. The summed E-state index contributed by atoms with van der Waals surface area (Å²) in [6.07, 6.45) is 2.78. The molecule has 0 N–H and O–H groups in total. The number of hydrogen-bond acceptors (Lipinski definition) is 5. The Kier molecular flexibility index (Phi) is 4.61. The maximum absolute atomic E-state index is 12.9. The van der Waals surface area contributed by atoms with Gasteiger partial charge in [-0.25, -0.2) is 0 Å². The molecule has 1 fully saturated rings. The van der Waals surface area contributed by atoms with Crippen molar-refractivity contribution in [1.82, 2.24) is 15.0 Å². The lowest BCUT2D eigenvalue weighted by Crippen LogP contribution is -2.38. The zero-order chi connectivity index (χ0) is 17.1. The molecule has 0 saturated carbocycles. The normalized spacial score (nSPS) is 17.8. The highest BCUT2D eigenvalue weighted by atomic mass is 16.5.